The molecule has 1 nitrogen and oxygen atoms in total. The average Bonchev–Trinajstić information content (AvgIpc) is 2.77. The maximum atomic E-state index is 5.55. The smallest absolute Gasteiger partial charge is 0.119 e. The fraction of sp³-hybridized carbons (Fsp3) is 0.111. The van der Waals surface area contributed by atoms with Gasteiger partial charge in [0.05, 0.1) is 0 Å². The Morgan fingerprint density at radius 3 is 1.86 bits per heavy atom. The zero-order valence-corrected chi connectivity index (χ0v) is 16.2. The van der Waals surface area contributed by atoms with E-state index in [-0.39, 0.29) is 0 Å². The molecule has 0 N–H and O–H groups in total. The molecule has 0 radical (unpaired) electrons. The van der Waals surface area contributed by atoms with Crippen LogP contribution in [0.5, 0.6) is 5.75 Å². The largest absolute Gasteiger partial charge is 0.490 e. The summed E-state index contributed by atoms with van der Waals surface area (Å²) in [4.78, 5) is 0. The fourth-order valence-corrected chi connectivity index (χ4v) is 3.45. The highest BCUT2D eigenvalue weighted by molar-refractivity contribution is 5.88. The van der Waals surface area contributed by atoms with E-state index in [4.69, 9.17) is 4.74 Å². The second-order valence-electron chi connectivity index (χ2n) is 6.95. The van der Waals surface area contributed by atoms with Crippen molar-refractivity contribution in [1.29, 1.82) is 0 Å². The number of ether oxygens (including phenoxy) is 1. The second kappa shape index (κ2) is 8.14. The molecule has 0 aliphatic carbocycles. The van der Waals surface area contributed by atoms with Crippen molar-refractivity contribution in [2.75, 3.05) is 6.61 Å². The highest BCUT2D eigenvalue weighted by atomic mass is 16.5. The third kappa shape index (κ3) is 3.84. The standard InChI is InChI=1S/C27H24O/c1-3-17-28-27-15-13-22(14-16-27)21-7-9-23(10-8-21)25-12-11-24-18-20(4-2)5-6-26(24)19-25/h3,5-16,18-19H,1,4,17H2,2H3. The summed E-state index contributed by atoms with van der Waals surface area (Å²) >= 11 is 0. The quantitative estimate of drug-likeness (QED) is 0.326. The lowest BCUT2D eigenvalue weighted by Gasteiger charge is -2.08. The van der Waals surface area contributed by atoms with E-state index in [0.29, 0.717) is 6.61 Å². The van der Waals surface area contributed by atoms with Gasteiger partial charge in [0, 0.05) is 0 Å². The summed E-state index contributed by atoms with van der Waals surface area (Å²) in [6.45, 7) is 6.39. The maximum absolute atomic E-state index is 5.55. The van der Waals surface area contributed by atoms with Crippen molar-refractivity contribution in [2.24, 2.45) is 0 Å². The van der Waals surface area contributed by atoms with Gasteiger partial charge < -0.3 is 4.74 Å². The molecule has 1 heteroatoms. The first kappa shape index (κ1) is 18.1. The highest BCUT2D eigenvalue weighted by Crippen LogP contribution is 2.28. The Labute approximate surface area is 166 Å². The minimum Gasteiger partial charge on any atom is -0.490 e. The molecule has 0 saturated carbocycles. The van der Waals surface area contributed by atoms with Crippen molar-refractivity contribution in [3.63, 3.8) is 0 Å². The summed E-state index contributed by atoms with van der Waals surface area (Å²) < 4.78 is 5.55. The third-order valence-corrected chi connectivity index (χ3v) is 5.09. The van der Waals surface area contributed by atoms with Crippen LogP contribution in [0.3, 0.4) is 0 Å². The molecule has 4 rings (SSSR count). The number of hydrogen-bond acceptors (Lipinski definition) is 1. The third-order valence-electron chi connectivity index (χ3n) is 5.09. The van der Waals surface area contributed by atoms with Gasteiger partial charge in [-0.05, 0) is 63.2 Å². The molecular weight excluding hydrogens is 340 g/mol. The van der Waals surface area contributed by atoms with E-state index in [1.807, 2.05) is 12.1 Å². The molecule has 4 aromatic rings. The Kier molecular flexibility index (Phi) is 5.25. The van der Waals surface area contributed by atoms with Crippen LogP contribution in [0.15, 0.2) is 97.6 Å². The van der Waals surface area contributed by atoms with Crippen LogP contribution in [-0.2, 0) is 6.42 Å². The summed E-state index contributed by atoms with van der Waals surface area (Å²) in [5.74, 6) is 0.864. The first-order valence-electron chi connectivity index (χ1n) is 9.74. The van der Waals surface area contributed by atoms with Gasteiger partial charge in [-0.2, -0.15) is 0 Å². The van der Waals surface area contributed by atoms with Crippen molar-refractivity contribution in [3.8, 4) is 28.0 Å². The minimum absolute atomic E-state index is 0.527. The van der Waals surface area contributed by atoms with Crippen LogP contribution in [0.4, 0.5) is 0 Å². The Morgan fingerprint density at radius 1 is 0.679 bits per heavy atom. The molecule has 0 aromatic heterocycles. The first-order valence-corrected chi connectivity index (χ1v) is 9.74. The van der Waals surface area contributed by atoms with E-state index < -0.39 is 0 Å². The average molecular weight is 364 g/mol. The molecule has 4 aromatic carbocycles. The van der Waals surface area contributed by atoms with Crippen LogP contribution >= 0.6 is 0 Å². The Balaban J connectivity index is 1.57. The second-order valence-corrected chi connectivity index (χ2v) is 6.95. The molecule has 0 fully saturated rings. The topological polar surface area (TPSA) is 9.23 Å². The molecule has 0 spiro atoms. The van der Waals surface area contributed by atoms with Gasteiger partial charge in [-0.1, -0.05) is 86.3 Å². The van der Waals surface area contributed by atoms with Crippen LogP contribution in [0.2, 0.25) is 0 Å². The summed E-state index contributed by atoms with van der Waals surface area (Å²) in [6.07, 6.45) is 2.82. The van der Waals surface area contributed by atoms with Gasteiger partial charge in [-0.25, -0.2) is 0 Å². The van der Waals surface area contributed by atoms with Crippen molar-refractivity contribution < 1.29 is 4.74 Å². The molecule has 0 unspecified atom stereocenters. The Morgan fingerprint density at radius 2 is 1.21 bits per heavy atom. The van der Waals surface area contributed by atoms with E-state index in [9.17, 15) is 0 Å². The molecule has 0 aliphatic heterocycles. The maximum Gasteiger partial charge on any atom is 0.119 e. The van der Waals surface area contributed by atoms with Crippen LogP contribution < -0.4 is 4.74 Å². The van der Waals surface area contributed by atoms with Crippen LogP contribution in [0, 0.1) is 0 Å². The van der Waals surface area contributed by atoms with Gasteiger partial charge in [0.2, 0.25) is 0 Å². The molecule has 0 atom stereocenters. The Bertz CT molecular complexity index is 1090. The molecule has 0 amide bonds. The molecule has 0 heterocycles. The molecule has 0 saturated heterocycles. The van der Waals surface area contributed by atoms with Gasteiger partial charge in [0.15, 0.2) is 0 Å². The van der Waals surface area contributed by atoms with Gasteiger partial charge in [0.1, 0.15) is 12.4 Å². The van der Waals surface area contributed by atoms with Crippen LogP contribution in [0.25, 0.3) is 33.0 Å². The van der Waals surface area contributed by atoms with E-state index >= 15 is 0 Å². The number of aryl methyl sites for hydroxylation is 1. The van der Waals surface area contributed by atoms with Crippen LogP contribution in [-0.4, -0.2) is 6.61 Å². The predicted octanol–water partition coefficient (Wildman–Crippen LogP) is 7.30. The summed E-state index contributed by atoms with van der Waals surface area (Å²) in [5, 5.41) is 2.59. The van der Waals surface area contributed by atoms with E-state index in [1.54, 1.807) is 6.08 Å². The van der Waals surface area contributed by atoms with E-state index in [0.717, 1.165) is 12.2 Å². The van der Waals surface area contributed by atoms with Gasteiger partial charge in [-0.3, -0.25) is 0 Å². The molecular formula is C27H24O. The molecule has 0 aliphatic rings. The molecule has 138 valence electrons. The monoisotopic (exact) mass is 364 g/mol. The molecule has 28 heavy (non-hydrogen) atoms. The number of hydrogen-bond donors (Lipinski definition) is 0. The SMILES string of the molecule is C=CCOc1ccc(-c2ccc(-c3ccc4cc(CC)ccc4c3)cc2)cc1. The fourth-order valence-electron chi connectivity index (χ4n) is 3.45. The van der Waals surface area contributed by atoms with Gasteiger partial charge in [0.25, 0.3) is 0 Å². The van der Waals surface area contributed by atoms with E-state index in [2.05, 4.69) is 86.3 Å². The molecule has 0 bridgehead atoms. The summed E-state index contributed by atoms with van der Waals surface area (Å²) in [6, 6.07) is 30.4. The van der Waals surface area contributed by atoms with Crippen molar-refractivity contribution >= 4 is 10.8 Å². The van der Waals surface area contributed by atoms with E-state index in [1.165, 1.54) is 38.6 Å². The van der Waals surface area contributed by atoms with Crippen molar-refractivity contribution in [1.82, 2.24) is 0 Å². The lowest BCUT2D eigenvalue weighted by Crippen LogP contribution is -1.92. The van der Waals surface area contributed by atoms with Crippen LogP contribution in [0.1, 0.15) is 12.5 Å². The normalized spacial score (nSPS) is 10.8. The Hall–Kier alpha value is -3.32. The lowest BCUT2D eigenvalue weighted by molar-refractivity contribution is 0.363. The van der Waals surface area contributed by atoms with Crippen molar-refractivity contribution in [2.45, 2.75) is 13.3 Å². The summed E-state index contributed by atoms with van der Waals surface area (Å²) in [7, 11) is 0. The van der Waals surface area contributed by atoms with Crippen molar-refractivity contribution in [3.05, 3.63) is 103 Å². The highest BCUT2D eigenvalue weighted by Gasteiger charge is 2.03. The number of benzene rings is 4. The predicted molar refractivity (Wildman–Crippen MR) is 120 cm³/mol. The number of fused-ring (bicyclic) bond motifs is 1. The van der Waals surface area contributed by atoms with Gasteiger partial charge in [-0.15, -0.1) is 0 Å². The first-order chi connectivity index (χ1) is 13.8. The zero-order chi connectivity index (χ0) is 19.3. The summed E-state index contributed by atoms with van der Waals surface area (Å²) in [5.41, 5.74) is 6.24. The zero-order valence-electron chi connectivity index (χ0n) is 16.2. The number of rotatable bonds is 6. The lowest BCUT2D eigenvalue weighted by atomic mass is 9.97. The van der Waals surface area contributed by atoms with Gasteiger partial charge >= 0.3 is 0 Å². The minimum atomic E-state index is 0.527.